The lowest BCUT2D eigenvalue weighted by molar-refractivity contribution is 0.942. The highest BCUT2D eigenvalue weighted by Gasteiger charge is 2.02. The summed E-state index contributed by atoms with van der Waals surface area (Å²) in [6.45, 7) is 0.741. The topological polar surface area (TPSA) is 42.2 Å². The Morgan fingerprint density at radius 3 is 2.78 bits per heavy atom. The molecule has 0 saturated heterocycles. The Labute approximate surface area is 113 Å². The highest BCUT2D eigenvalue weighted by Crippen LogP contribution is 2.15. The summed E-state index contributed by atoms with van der Waals surface area (Å²) in [4.78, 5) is 4.33. The summed E-state index contributed by atoms with van der Waals surface area (Å²) in [5.41, 5.74) is 2.19. The minimum absolute atomic E-state index is 0.741. The first-order chi connectivity index (χ1) is 8.83. The van der Waals surface area contributed by atoms with Gasteiger partial charge in [-0.05, 0) is 23.8 Å². The smallest absolute Gasteiger partial charge is 0.152 e. The maximum absolute atomic E-state index is 4.33. The van der Waals surface area contributed by atoms with Crippen molar-refractivity contribution in [3.8, 4) is 0 Å². The Morgan fingerprint density at radius 1 is 1.11 bits per heavy atom. The van der Waals surface area contributed by atoms with Gasteiger partial charge in [0.25, 0.3) is 0 Å². The summed E-state index contributed by atoms with van der Waals surface area (Å²) < 4.78 is 2.89. The molecule has 0 amide bonds. The molecule has 5 heteroatoms. The molecule has 0 radical (unpaired) electrons. The fourth-order valence-corrected chi connectivity index (χ4v) is 2.05. The second kappa shape index (κ2) is 4.78. The first kappa shape index (κ1) is 11.2. The van der Waals surface area contributed by atoms with Gasteiger partial charge < -0.3 is 5.32 Å². The molecule has 2 aromatic heterocycles. The van der Waals surface area contributed by atoms with Crippen LogP contribution < -0.4 is 5.32 Å². The van der Waals surface area contributed by atoms with Crippen LogP contribution in [0.25, 0.3) is 5.52 Å². The Bertz CT molecular complexity index is 660. The molecule has 0 aliphatic carbocycles. The molecule has 0 bridgehead atoms. The summed E-state index contributed by atoms with van der Waals surface area (Å²) in [6.07, 6.45) is 5.34. The van der Waals surface area contributed by atoms with Gasteiger partial charge in [0.05, 0.1) is 6.20 Å². The molecule has 3 rings (SSSR count). The van der Waals surface area contributed by atoms with E-state index < -0.39 is 0 Å². The Morgan fingerprint density at radius 2 is 1.94 bits per heavy atom. The molecule has 18 heavy (non-hydrogen) atoms. The number of hydrogen-bond donors (Lipinski definition) is 1. The van der Waals surface area contributed by atoms with Gasteiger partial charge in [0.2, 0.25) is 0 Å². The summed E-state index contributed by atoms with van der Waals surface area (Å²) in [5.74, 6) is 0.845. The zero-order valence-electron chi connectivity index (χ0n) is 9.55. The van der Waals surface area contributed by atoms with Crippen molar-refractivity contribution in [3.05, 3.63) is 59.0 Å². The number of rotatable bonds is 3. The third-order valence-corrected chi connectivity index (χ3v) is 3.23. The third-order valence-electron chi connectivity index (χ3n) is 2.70. The van der Waals surface area contributed by atoms with E-state index in [-0.39, 0.29) is 0 Å². The number of nitrogens with zero attached hydrogens (tertiary/aromatic N) is 3. The molecular weight excluding hydrogens is 292 g/mol. The lowest BCUT2D eigenvalue weighted by Crippen LogP contribution is -2.03. The van der Waals surface area contributed by atoms with Crippen LogP contribution in [0.3, 0.4) is 0 Å². The fourth-order valence-electron chi connectivity index (χ4n) is 1.78. The van der Waals surface area contributed by atoms with E-state index in [9.17, 15) is 0 Å². The predicted molar refractivity (Wildman–Crippen MR) is 74.5 cm³/mol. The average molecular weight is 303 g/mol. The van der Waals surface area contributed by atoms with Gasteiger partial charge in [-0.15, -0.1) is 0 Å². The standard InChI is InChI=1S/C13H11BrN4/c14-11-3-1-10(2-4-11)9-16-13-12-5-6-17-18(12)8-7-15-13/h1-8H,9H2,(H,15,16). The van der Waals surface area contributed by atoms with Crippen LogP contribution in [0.2, 0.25) is 0 Å². The second-order valence-electron chi connectivity index (χ2n) is 3.92. The average Bonchev–Trinajstić information content (AvgIpc) is 2.87. The maximum Gasteiger partial charge on any atom is 0.152 e. The van der Waals surface area contributed by atoms with Crippen molar-refractivity contribution in [2.45, 2.75) is 6.54 Å². The zero-order chi connectivity index (χ0) is 12.4. The van der Waals surface area contributed by atoms with Crippen LogP contribution in [0.1, 0.15) is 5.56 Å². The molecule has 0 aliphatic rings. The Hall–Kier alpha value is -1.88. The maximum atomic E-state index is 4.33. The first-order valence-corrected chi connectivity index (χ1v) is 6.39. The Balaban J connectivity index is 1.80. The van der Waals surface area contributed by atoms with Crippen LogP contribution >= 0.6 is 15.9 Å². The molecule has 0 saturated carbocycles. The number of benzene rings is 1. The van der Waals surface area contributed by atoms with Crippen molar-refractivity contribution in [1.29, 1.82) is 0 Å². The molecule has 1 N–H and O–H groups in total. The molecule has 0 fully saturated rings. The van der Waals surface area contributed by atoms with Crippen LogP contribution in [-0.4, -0.2) is 14.6 Å². The highest BCUT2D eigenvalue weighted by molar-refractivity contribution is 9.10. The van der Waals surface area contributed by atoms with Gasteiger partial charge in [0.15, 0.2) is 5.82 Å². The monoisotopic (exact) mass is 302 g/mol. The van der Waals surface area contributed by atoms with E-state index in [0.717, 1.165) is 22.4 Å². The molecule has 0 unspecified atom stereocenters. The van der Waals surface area contributed by atoms with Gasteiger partial charge >= 0.3 is 0 Å². The summed E-state index contributed by atoms with van der Waals surface area (Å²) >= 11 is 3.42. The first-order valence-electron chi connectivity index (χ1n) is 5.59. The Kier molecular flexibility index (Phi) is 2.98. The molecule has 4 nitrogen and oxygen atoms in total. The molecule has 3 aromatic rings. The largest absolute Gasteiger partial charge is 0.364 e. The second-order valence-corrected chi connectivity index (χ2v) is 4.83. The molecular formula is C13H11BrN4. The molecule has 0 atom stereocenters. The van der Waals surface area contributed by atoms with Gasteiger partial charge in [0, 0.05) is 23.4 Å². The lowest BCUT2D eigenvalue weighted by atomic mass is 10.2. The molecule has 90 valence electrons. The van der Waals surface area contributed by atoms with E-state index in [1.807, 2.05) is 24.4 Å². The minimum atomic E-state index is 0.741. The van der Waals surface area contributed by atoms with E-state index >= 15 is 0 Å². The van der Waals surface area contributed by atoms with Crippen molar-refractivity contribution in [3.63, 3.8) is 0 Å². The number of nitrogens with one attached hydrogen (secondary N) is 1. The highest BCUT2D eigenvalue weighted by atomic mass is 79.9. The van der Waals surface area contributed by atoms with Gasteiger partial charge in [-0.2, -0.15) is 5.10 Å². The van der Waals surface area contributed by atoms with E-state index in [0.29, 0.717) is 0 Å². The van der Waals surface area contributed by atoms with Crippen LogP contribution in [0.4, 0.5) is 5.82 Å². The number of aromatic nitrogens is 3. The van der Waals surface area contributed by atoms with Crippen molar-refractivity contribution in [2.75, 3.05) is 5.32 Å². The zero-order valence-corrected chi connectivity index (χ0v) is 11.1. The normalized spacial score (nSPS) is 10.7. The predicted octanol–water partition coefficient (Wildman–Crippen LogP) is 3.10. The van der Waals surface area contributed by atoms with Crippen LogP contribution in [0, 0.1) is 0 Å². The van der Waals surface area contributed by atoms with E-state index in [4.69, 9.17) is 0 Å². The summed E-state index contributed by atoms with van der Waals surface area (Å²) in [5, 5.41) is 7.50. The summed E-state index contributed by atoms with van der Waals surface area (Å²) in [6, 6.07) is 10.2. The minimum Gasteiger partial charge on any atom is -0.364 e. The SMILES string of the molecule is Brc1ccc(CNc2nccn3nccc23)cc1. The third kappa shape index (κ3) is 2.22. The van der Waals surface area contributed by atoms with E-state index in [1.165, 1.54) is 5.56 Å². The van der Waals surface area contributed by atoms with Crippen molar-refractivity contribution in [1.82, 2.24) is 14.6 Å². The van der Waals surface area contributed by atoms with Crippen LogP contribution in [0.15, 0.2) is 53.4 Å². The number of hydrogen-bond acceptors (Lipinski definition) is 3. The molecule has 2 heterocycles. The van der Waals surface area contributed by atoms with E-state index in [2.05, 4.69) is 43.5 Å². The molecule has 1 aromatic carbocycles. The fraction of sp³-hybridized carbons (Fsp3) is 0.0769. The number of anilines is 1. The van der Waals surface area contributed by atoms with Gasteiger partial charge in [-0.3, -0.25) is 0 Å². The molecule has 0 aliphatic heterocycles. The van der Waals surface area contributed by atoms with Crippen molar-refractivity contribution < 1.29 is 0 Å². The van der Waals surface area contributed by atoms with Gasteiger partial charge in [0.1, 0.15) is 5.52 Å². The van der Waals surface area contributed by atoms with Crippen LogP contribution in [-0.2, 0) is 6.54 Å². The van der Waals surface area contributed by atoms with Gasteiger partial charge in [-0.25, -0.2) is 9.50 Å². The van der Waals surface area contributed by atoms with Crippen molar-refractivity contribution >= 4 is 27.3 Å². The lowest BCUT2D eigenvalue weighted by Gasteiger charge is -2.07. The van der Waals surface area contributed by atoms with E-state index in [1.54, 1.807) is 16.9 Å². The number of halogens is 1. The summed E-state index contributed by atoms with van der Waals surface area (Å²) in [7, 11) is 0. The quantitative estimate of drug-likeness (QED) is 0.808. The molecule has 0 spiro atoms. The van der Waals surface area contributed by atoms with Crippen molar-refractivity contribution in [2.24, 2.45) is 0 Å². The number of fused-ring (bicyclic) bond motifs is 1. The van der Waals surface area contributed by atoms with Crippen LogP contribution in [0.5, 0.6) is 0 Å². The van der Waals surface area contributed by atoms with Gasteiger partial charge in [-0.1, -0.05) is 28.1 Å².